The summed E-state index contributed by atoms with van der Waals surface area (Å²) in [5.74, 6) is -0.286. The summed E-state index contributed by atoms with van der Waals surface area (Å²) in [6.45, 7) is 5.68. The van der Waals surface area contributed by atoms with Gasteiger partial charge in [0, 0.05) is 12.1 Å². The molecule has 1 N–H and O–H groups in total. The van der Waals surface area contributed by atoms with Crippen LogP contribution in [-0.4, -0.2) is 18.2 Å². The zero-order chi connectivity index (χ0) is 13.6. The zero-order valence-electron chi connectivity index (χ0n) is 10.9. The van der Waals surface area contributed by atoms with Crippen molar-refractivity contribution in [1.82, 2.24) is 5.32 Å². The van der Waals surface area contributed by atoms with E-state index in [9.17, 15) is 9.18 Å². The highest BCUT2D eigenvalue weighted by Gasteiger charge is 2.14. The number of amides is 1. The molecule has 0 atom stereocenters. The standard InChI is InChI=1S/C14H18FNO2/c1-14(2,3)18-13(17)16-10-6-8-11-7-4-5-9-12(11)15/h4-9H,10H2,1-3H3,(H,16,17). The van der Waals surface area contributed by atoms with E-state index in [0.29, 0.717) is 12.1 Å². The van der Waals surface area contributed by atoms with E-state index in [-0.39, 0.29) is 5.82 Å². The first kappa shape index (κ1) is 14.2. The zero-order valence-corrected chi connectivity index (χ0v) is 10.9. The monoisotopic (exact) mass is 251 g/mol. The Morgan fingerprint density at radius 3 is 2.67 bits per heavy atom. The highest BCUT2D eigenvalue weighted by molar-refractivity contribution is 5.68. The first-order valence-corrected chi connectivity index (χ1v) is 5.76. The Hall–Kier alpha value is -1.84. The predicted octanol–water partition coefficient (Wildman–Crippen LogP) is 3.36. The molecule has 0 aliphatic rings. The smallest absolute Gasteiger partial charge is 0.407 e. The summed E-state index contributed by atoms with van der Waals surface area (Å²) in [6.07, 6.45) is 2.80. The van der Waals surface area contributed by atoms with Gasteiger partial charge >= 0.3 is 6.09 Å². The predicted molar refractivity (Wildman–Crippen MR) is 69.7 cm³/mol. The lowest BCUT2D eigenvalue weighted by atomic mass is 10.2. The first-order valence-electron chi connectivity index (χ1n) is 5.76. The molecule has 0 saturated heterocycles. The molecule has 1 rings (SSSR count). The molecule has 98 valence electrons. The molecule has 0 aliphatic carbocycles. The summed E-state index contributed by atoms with van der Waals surface area (Å²) < 4.78 is 18.3. The average molecular weight is 251 g/mol. The van der Waals surface area contributed by atoms with E-state index in [4.69, 9.17) is 4.74 Å². The second-order valence-corrected chi connectivity index (χ2v) is 4.81. The van der Waals surface area contributed by atoms with E-state index in [0.717, 1.165) is 0 Å². The number of hydrogen-bond acceptors (Lipinski definition) is 2. The number of ether oxygens (including phenoxy) is 1. The van der Waals surface area contributed by atoms with Crippen LogP contribution in [0.2, 0.25) is 0 Å². The van der Waals surface area contributed by atoms with Gasteiger partial charge in [0.25, 0.3) is 0 Å². The fourth-order valence-electron chi connectivity index (χ4n) is 1.25. The molecule has 0 spiro atoms. The number of rotatable bonds is 3. The van der Waals surface area contributed by atoms with Crippen LogP contribution in [0.15, 0.2) is 30.3 Å². The minimum absolute atomic E-state index is 0.286. The largest absolute Gasteiger partial charge is 0.444 e. The average Bonchev–Trinajstić information content (AvgIpc) is 2.24. The molecular weight excluding hydrogens is 233 g/mol. The van der Waals surface area contributed by atoms with E-state index in [1.807, 2.05) is 0 Å². The van der Waals surface area contributed by atoms with Crippen LogP contribution in [0.4, 0.5) is 9.18 Å². The second kappa shape index (κ2) is 6.19. The van der Waals surface area contributed by atoms with Crippen LogP contribution >= 0.6 is 0 Å². The van der Waals surface area contributed by atoms with Gasteiger partial charge in [0.1, 0.15) is 11.4 Å². The third kappa shape index (κ3) is 5.48. The normalized spacial score (nSPS) is 11.6. The van der Waals surface area contributed by atoms with Crippen LogP contribution < -0.4 is 5.32 Å². The molecule has 0 bridgehead atoms. The van der Waals surface area contributed by atoms with Crippen molar-refractivity contribution in [2.24, 2.45) is 0 Å². The molecule has 1 aromatic carbocycles. The Balaban J connectivity index is 2.38. The van der Waals surface area contributed by atoms with Crippen LogP contribution in [-0.2, 0) is 4.74 Å². The van der Waals surface area contributed by atoms with Gasteiger partial charge in [-0.3, -0.25) is 0 Å². The van der Waals surface area contributed by atoms with Crippen molar-refractivity contribution >= 4 is 12.2 Å². The summed E-state index contributed by atoms with van der Waals surface area (Å²) in [6, 6.07) is 6.44. The van der Waals surface area contributed by atoms with Gasteiger partial charge in [0.2, 0.25) is 0 Å². The number of alkyl carbamates (subject to hydrolysis) is 1. The van der Waals surface area contributed by atoms with Crippen molar-refractivity contribution < 1.29 is 13.9 Å². The van der Waals surface area contributed by atoms with Crippen molar-refractivity contribution in [2.45, 2.75) is 26.4 Å². The number of carbonyl (C=O) groups excluding carboxylic acids is 1. The van der Waals surface area contributed by atoms with E-state index in [1.54, 1.807) is 51.1 Å². The summed E-state index contributed by atoms with van der Waals surface area (Å²) >= 11 is 0. The van der Waals surface area contributed by atoms with Gasteiger partial charge in [-0.1, -0.05) is 30.4 Å². The van der Waals surface area contributed by atoms with Crippen molar-refractivity contribution in [3.63, 3.8) is 0 Å². The van der Waals surface area contributed by atoms with Gasteiger partial charge in [-0.2, -0.15) is 0 Å². The molecule has 0 heterocycles. The highest BCUT2D eigenvalue weighted by atomic mass is 19.1. The Labute approximate surface area is 107 Å². The van der Waals surface area contributed by atoms with Gasteiger partial charge < -0.3 is 10.1 Å². The molecule has 3 nitrogen and oxygen atoms in total. The SMILES string of the molecule is CC(C)(C)OC(=O)NCC=Cc1ccccc1F. The van der Waals surface area contributed by atoms with E-state index >= 15 is 0 Å². The Morgan fingerprint density at radius 2 is 2.06 bits per heavy atom. The van der Waals surface area contributed by atoms with Crippen LogP contribution in [0.3, 0.4) is 0 Å². The van der Waals surface area contributed by atoms with Crippen LogP contribution in [0, 0.1) is 5.82 Å². The molecule has 0 unspecified atom stereocenters. The Kier molecular flexibility index (Phi) is 4.89. The summed E-state index contributed by atoms with van der Waals surface area (Å²) in [5, 5.41) is 2.56. The number of carbonyl (C=O) groups is 1. The van der Waals surface area contributed by atoms with E-state index < -0.39 is 11.7 Å². The summed E-state index contributed by atoms with van der Waals surface area (Å²) in [5.41, 5.74) is -0.0252. The minimum atomic E-state index is -0.515. The number of halogens is 1. The lowest BCUT2D eigenvalue weighted by Gasteiger charge is -2.19. The quantitative estimate of drug-likeness (QED) is 0.894. The van der Waals surface area contributed by atoms with E-state index in [1.165, 1.54) is 6.07 Å². The third-order valence-electron chi connectivity index (χ3n) is 1.97. The van der Waals surface area contributed by atoms with Crippen molar-refractivity contribution in [2.75, 3.05) is 6.54 Å². The lowest BCUT2D eigenvalue weighted by Crippen LogP contribution is -2.32. The maximum absolute atomic E-state index is 13.2. The fourth-order valence-corrected chi connectivity index (χ4v) is 1.25. The third-order valence-corrected chi connectivity index (χ3v) is 1.97. The number of nitrogens with one attached hydrogen (secondary N) is 1. The van der Waals surface area contributed by atoms with Gasteiger partial charge in [-0.15, -0.1) is 0 Å². The molecule has 1 aromatic rings. The maximum atomic E-state index is 13.2. The van der Waals surface area contributed by atoms with Crippen LogP contribution in [0.5, 0.6) is 0 Å². The molecule has 4 heteroatoms. The maximum Gasteiger partial charge on any atom is 0.407 e. The second-order valence-electron chi connectivity index (χ2n) is 4.81. The molecule has 1 amide bonds. The van der Waals surface area contributed by atoms with Crippen LogP contribution in [0.25, 0.3) is 6.08 Å². The molecule has 0 saturated carbocycles. The number of hydrogen-bond donors (Lipinski definition) is 1. The van der Waals surface area contributed by atoms with Crippen molar-refractivity contribution in [1.29, 1.82) is 0 Å². The van der Waals surface area contributed by atoms with Gasteiger partial charge in [-0.25, -0.2) is 9.18 Å². The minimum Gasteiger partial charge on any atom is -0.444 e. The van der Waals surface area contributed by atoms with E-state index in [2.05, 4.69) is 5.32 Å². The van der Waals surface area contributed by atoms with Crippen LogP contribution in [0.1, 0.15) is 26.3 Å². The molecule has 0 aliphatic heterocycles. The highest BCUT2D eigenvalue weighted by Crippen LogP contribution is 2.08. The van der Waals surface area contributed by atoms with Crippen molar-refractivity contribution in [3.8, 4) is 0 Å². The Morgan fingerprint density at radius 1 is 1.39 bits per heavy atom. The van der Waals surface area contributed by atoms with Gasteiger partial charge in [0.15, 0.2) is 0 Å². The molecular formula is C14H18FNO2. The number of benzene rings is 1. The lowest BCUT2D eigenvalue weighted by molar-refractivity contribution is 0.0534. The van der Waals surface area contributed by atoms with Gasteiger partial charge in [0.05, 0.1) is 0 Å². The molecule has 0 aromatic heterocycles. The molecule has 0 radical (unpaired) electrons. The Bertz CT molecular complexity index is 436. The first-order chi connectivity index (χ1) is 8.38. The summed E-state index contributed by atoms with van der Waals surface area (Å²) in [4.78, 5) is 11.3. The van der Waals surface area contributed by atoms with Gasteiger partial charge in [-0.05, 0) is 26.8 Å². The fraction of sp³-hybridized carbons (Fsp3) is 0.357. The molecule has 18 heavy (non-hydrogen) atoms. The molecule has 0 fully saturated rings. The topological polar surface area (TPSA) is 38.3 Å². The summed E-state index contributed by atoms with van der Waals surface area (Å²) in [7, 11) is 0. The van der Waals surface area contributed by atoms with Crippen molar-refractivity contribution in [3.05, 3.63) is 41.7 Å².